The fourth-order valence-corrected chi connectivity index (χ4v) is 3.16. The van der Waals surface area contributed by atoms with Gasteiger partial charge >= 0.3 is 0 Å². The van der Waals surface area contributed by atoms with Crippen LogP contribution in [0.1, 0.15) is 45.4 Å². The van der Waals surface area contributed by atoms with Gasteiger partial charge < -0.3 is 15.5 Å². The van der Waals surface area contributed by atoms with Gasteiger partial charge in [0.05, 0.1) is 29.5 Å². The molecule has 30 heavy (non-hydrogen) atoms. The molecule has 0 atom stereocenters. The molecule has 3 aromatic rings. The normalized spacial score (nSPS) is 13.0. The van der Waals surface area contributed by atoms with Gasteiger partial charge in [0.25, 0.3) is 11.8 Å². The lowest BCUT2D eigenvalue weighted by Gasteiger charge is -2.21. The van der Waals surface area contributed by atoms with Crippen molar-refractivity contribution in [1.29, 1.82) is 0 Å². The van der Waals surface area contributed by atoms with Gasteiger partial charge in [-0.3, -0.25) is 14.3 Å². The summed E-state index contributed by atoms with van der Waals surface area (Å²) in [7, 11) is 5.02. The number of carbonyl (C=O) groups is 2. The molecule has 10 heteroatoms. The molecule has 0 saturated heterocycles. The SMILES string of the molecule is CNC(=O)c1nn(C)cc1NC(=O)c1nc(C2CC2)ccc1N(C)c1cncnc1. The van der Waals surface area contributed by atoms with Gasteiger partial charge in [0.2, 0.25) is 0 Å². The molecule has 0 spiro atoms. The van der Waals surface area contributed by atoms with Crippen molar-refractivity contribution in [2.75, 3.05) is 24.3 Å². The molecule has 0 unspecified atom stereocenters. The maximum absolute atomic E-state index is 13.2. The number of amides is 2. The number of hydrogen-bond acceptors (Lipinski definition) is 7. The second-order valence-electron chi connectivity index (χ2n) is 7.13. The van der Waals surface area contributed by atoms with Crippen LogP contribution in [0.3, 0.4) is 0 Å². The molecule has 2 N–H and O–H groups in total. The zero-order chi connectivity index (χ0) is 21.3. The Bertz CT molecular complexity index is 1090. The third kappa shape index (κ3) is 3.84. The van der Waals surface area contributed by atoms with Crippen LogP contribution in [0.5, 0.6) is 0 Å². The summed E-state index contributed by atoms with van der Waals surface area (Å²) in [5, 5.41) is 9.45. The van der Waals surface area contributed by atoms with E-state index < -0.39 is 5.91 Å². The summed E-state index contributed by atoms with van der Waals surface area (Å²) in [6, 6.07) is 3.83. The van der Waals surface area contributed by atoms with Crippen molar-refractivity contribution in [3.05, 3.63) is 54.1 Å². The van der Waals surface area contributed by atoms with Gasteiger partial charge in [-0.05, 0) is 25.0 Å². The third-order valence-corrected chi connectivity index (χ3v) is 4.92. The number of nitrogens with zero attached hydrogens (tertiary/aromatic N) is 6. The van der Waals surface area contributed by atoms with E-state index in [1.807, 2.05) is 24.1 Å². The maximum atomic E-state index is 13.2. The van der Waals surface area contributed by atoms with Crippen molar-refractivity contribution >= 4 is 28.9 Å². The van der Waals surface area contributed by atoms with Gasteiger partial charge in [-0.25, -0.2) is 15.0 Å². The van der Waals surface area contributed by atoms with Gasteiger partial charge in [0.15, 0.2) is 11.4 Å². The van der Waals surface area contributed by atoms with Crippen LogP contribution in [0.2, 0.25) is 0 Å². The van der Waals surface area contributed by atoms with Gasteiger partial charge in [-0.15, -0.1) is 0 Å². The fourth-order valence-electron chi connectivity index (χ4n) is 3.16. The molecule has 3 heterocycles. The molecule has 3 aromatic heterocycles. The van der Waals surface area contributed by atoms with Crippen LogP contribution >= 0.6 is 0 Å². The number of carbonyl (C=O) groups excluding carboxylic acids is 2. The van der Waals surface area contributed by atoms with E-state index in [0.29, 0.717) is 17.3 Å². The highest BCUT2D eigenvalue weighted by molar-refractivity contribution is 6.10. The molecule has 1 saturated carbocycles. The van der Waals surface area contributed by atoms with E-state index in [1.165, 1.54) is 18.1 Å². The molecule has 1 aliphatic carbocycles. The topological polar surface area (TPSA) is 118 Å². The molecular weight excluding hydrogens is 384 g/mol. The van der Waals surface area contributed by atoms with Crippen LogP contribution < -0.4 is 15.5 Å². The Morgan fingerprint density at radius 3 is 2.53 bits per heavy atom. The molecule has 0 bridgehead atoms. The minimum atomic E-state index is -0.422. The van der Waals surface area contributed by atoms with Crippen molar-refractivity contribution in [3.8, 4) is 0 Å². The van der Waals surface area contributed by atoms with Crippen molar-refractivity contribution in [2.24, 2.45) is 7.05 Å². The second-order valence-corrected chi connectivity index (χ2v) is 7.13. The highest BCUT2D eigenvalue weighted by atomic mass is 16.2. The first kappa shape index (κ1) is 19.5. The smallest absolute Gasteiger partial charge is 0.276 e. The van der Waals surface area contributed by atoms with E-state index in [4.69, 9.17) is 0 Å². The van der Waals surface area contributed by atoms with Gasteiger partial charge in [-0.2, -0.15) is 5.10 Å². The molecule has 10 nitrogen and oxygen atoms in total. The van der Waals surface area contributed by atoms with Crippen molar-refractivity contribution in [2.45, 2.75) is 18.8 Å². The largest absolute Gasteiger partial charge is 0.354 e. The molecule has 1 fully saturated rings. The fraction of sp³-hybridized carbons (Fsp3) is 0.300. The van der Waals surface area contributed by atoms with Crippen LogP contribution in [0.15, 0.2) is 37.1 Å². The number of pyridine rings is 1. The van der Waals surface area contributed by atoms with E-state index in [2.05, 4.69) is 30.7 Å². The number of aromatic nitrogens is 5. The monoisotopic (exact) mass is 406 g/mol. The van der Waals surface area contributed by atoms with Gasteiger partial charge in [0, 0.05) is 39.0 Å². The van der Waals surface area contributed by atoms with Gasteiger partial charge in [0.1, 0.15) is 6.33 Å². The Balaban J connectivity index is 1.71. The molecule has 0 radical (unpaired) electrons. The van der Waals surface area contributed by atoms with Crippen molar-refractivity contribution < 1.29 is 9.59 Å². The Morgan fingerprint density at radius 2 is 1.87 bits per heavy atom. The number of aryl methyl sites for hydroxylation is 1. The molecule has 4 rings (SSSR count). The summed E-state index contributed by atoms with van der Waals surface area (Å²) in [4.78, 5) is 39.9. The lowest BCUT2D eigenvalue weighted by atomic mass is 10.1. The summed E-state index contributed by atoms with van der Waals surface area (Å²) in [6.07, 6.45) is 8.49. The molecule has 154 valence electrons. The molecule has 0 aromatic carbocycles. The Morgan fingerprint density at radius 1 is 1.13 bits per heavy atom. The first-order chi connectivity index (χ1) is 14.5. The summed E-state index contributed by atoms with van der Waals surface area (Å²) in [6.45, 7) is 0. The van der Waals surface area contributed by atoms with Crippen molar-refractivity contribution in [1.82, 2.24) is 30.0 Å². The Hall–Kier alpha value is -3.82. The Kier molecular flexibility index (Phi) is 5.13. The summed E-state index contributed by atoms with van der Waals surface area (Å²) >= 11 is 0. The predicted octanol–water partition coefficient (Wildman–Crippen LogP) is 1.86. The third-order valence-electron chi connectivity index (χ3n) is 4.92. The number of anilines is 3. The number of rotatable bonds is 6. The van der Waals surface area contributed by atoms with E-state index >= 15 is 0 Å². The average molecular weight is 406 g/mol. The average Bonchev–Trinajstić information content (AvgIpc) is 3.56. The standard InChI is InChI=1S/C20H22N8O2/c1-21-19(29)17-15(10-27(2)26-17)25-20(30)18-16(7-6-14(24-18)12-4-5-12)28(3)13-8-22-11-23-9-13/h6-12H,4-5H2,1-3H3,(H,21,29)(H,25,30). The highest BCUT2D eigenvalue weighted by Gasteiger charge is 2.28. The zero-order valence-electron chi connectivity index (χ0n) is 17.0. The lowest BCUT2D eigenvalue weighted by molar-refractivity contribution is 0.0958. The van der Waals surface area contributed by atoms with Gasteiger partial charge in [-0.1, -0.05) is 0 Å². The van der Waals surface area contributed by atoms with Crippen molar-refractivity contribution in [3.63, 3.8) is 0 Å². The molecule has 0 aliphatic heterocycles. The quantitative estimate of drug-likeness (QED) is 0.641. The van der Waals surface area contributed by atoms with Crippen LogP contribution in [-0.4, -0.2) is 50.6 Å². The number of nitrogens with one attached hydrogen (secondary N) is 2. The van der Waals surface area contributed by atoms with E-state index in [1.54, 1.807) is 25.6 Å². The summed E-state index contributed by atoms with van der Waals surface area (Å²) in [5.74, 6) is -0.422. The molecule has 2 amide bonds. The van der Waals surface area contributed by atoms with Crippen LogP contribution in [-0.2, 0) is 7.05 Å². The van der Waals surface area contributed by atoms with E-state index in [9.17, 15) is 9.59 Å². The second kappa shape index (κ2) is 7.90. The summed E-state index contributed by atoms with van der Waals surface area (Å²) < 4.78 is 1.47. The predicted molar refractivity (Wildman–Crippen MR) is 111 cm³/mol. The zero-order valence-corrected chi connectivity index (χ0v) is 17.0. The van der Waals surface area contributed by atoms with Crippen LogP contribution in [0.4, 0.5) is 17.1 Å². The molecular formula is C20H22N8O2. The lowest BCUT2D eigenvalue weighted by Crippen LogP contribution is -2.23. The minimum Gasteiger partial charge on any atom is -0.354 e. The van der Waals surface area contributed by atoms with E-state index in [0.717, 1.165) is 24.2 Å². The highest BCUT2D eigenvalue weighted by Crippen LogP contribution is 2.40. The Labute approximate surface area is 173 Å². The van der Waals surface area contributed by atoms with E-state index in [-0.39, 0.29) is 17.3 Å². The first-order valence-electron chi connectivity index (χ1n) is 9.54. The summed E-state index contributed by atoms with van der Waals surface area (Å²) in [5.41, 5.74) is 2.93. The molecule has 1 aliphatic rings. The minimum absolute atomic E-state index is 0.137. The number of hydrogen-bond donors (Lipinski definition) is 2. The van der Waals surface area contributed by atoms with Crippen LogP contribution in [0, 0.1) is 0 Å². The first-order valence-corrected chi connectivity index (χ1v) is 9.54. The maximum Gasteiger partial charge on any atom is 0.276 e. The van der Waals surface area contributed by atoms with Crippen LogP contribution in [0.25, 0.3) is 0 Å².